The molecule has 4 rings (SSSR count). The summed E-state index contributed by atoms with van der Waals surface area (Å²) in [4.78, 5) is 38.1. The van der Waals surface area contributed by atoms with Crippen LogP contribution in [0.2, 0.25) is 5.02 Å². The average molecular weight is 419 g/mol. The van der Waals surface area contributed by atoms with Crippen LogP contribution in [0.3, 0.4) is 0 Å². The van der Waals surface area contributed by atoms with E-state index in [0.717, 1.165) is 15.8 Å². The van der Waals surface area contributed by atoms with Crippen molar-refractivity contribution in [2.24, 2.45) is 0 Å². The molecule has 0 atom stereocenters. The van der Waals surface area contributed by atoms with Gasteiger partial charge in [-0.2, -0.15) is 9.36 Å². The highest BCUT2D eigenvalue weighted by Crippen LogP contribution is 2.31. The molecule has 1 fully saturated rings. The van der Waals surface area contributed by atoms with Gasteiger partial charge in [0.05, 0.1) is 10.7 Å². The van der Waals surface area contributed by atoms with Gasteiger partial charge in [-0.05, 0) is 52.6 Å². The monoisotopic (exact) mass is 418 g/mol. The molecule has 0 radical (unpaired) electrons. The zero-order chi connectivity index (χ0) is 19.7. The molecule has 1 saturated heterocycles. The van der Waals surface area contributed by atoms with Crippen molar-refractivity contribution in [2.75, 3.05) is 16.8 Å². The third-order valence-electron chi connectivity index (χ3n) is 4.24. The van der Waals surface area contributed by atoms with E-state index >= 15 is 0 Å². The maximum absolute atomic E-state index is 12.3. The standard InChI is InChI=1S/C17H15ClN6O3S/c18-12-9-11(5-6-13(12)22-7-1-3-15(22)26)19-14(25)10-23-17(27)24(21-20-23)16-4-2-8-28-16/h2,4-6,8-9H,1,3,7,10H2,(H,19,25). The Balaban J connectivity index is 1.45. The number of carbonyl (C=O) groups is 2. The molecule has 0 saturated carbocycles. The molecular formula is C17H15ClN6O3S. The van der Waals surface area contributed by atoms with Gasteiger partial charge in [0.15, 0.2) is 0 Å². The number of thiophene rings is 1. The van der Waals surface area contributed by atoms with E-state index in [0.29, 0.717) is 34.4 Å². The summed E-state index contributed by atoms with van der Waals surface area (Å²) in [7, 11) is 0. The largest absolute Gasteiger partial charge is 0.369 e. The van der Waals surface area contributed by atoms with Crippen LogP contribution in [0, 0.1) is 0 Å². The fourth-order valence-electron chi connectivity index (χ4n) is 2.95. The number of benzene rings is 1. The molecule has 0 spiro atoms. The van der Waals surface area contributed by atoms with Gasteiger partial charge < -0.3 is 10.2 Å². The van der Waals surface area contributed by atoms with Crippen LogP contribution in [0.25, 0.3) is 5.00 Å². The summed E-state index contributed by atoms with van der Waals surface area (Å²) in [6.07, 6.45) is 1.31. The molecule has 3 aromatic rings. The summed E-state index contributed by atoms with van der Waals surface area (Å²) in [5, 5.41) is 13.0. The third-order valence-corrected chi connectivity index (χ3v) is 5.39. The fourth-order valence-corrected chi connectivity index (χ4v) is 3.90. The number of amides is 2. The number of carbonyl (C=O) groups excluding carboxylic acids is 2. The van der Waals surface area contributed by atoms with Gasteiger partial charge in [0.1, 0.15) is 11.5 Å². The van der Waals surface area contributed by atoms with Gasteiger partial charge >= 0.3 is 5.69 Å². The molecule has 1 aliphatic rings. The average Bonchev–Trinajstić information content (AvgIpc) is 3.39. The van der Waals surface area contributed by atoms with Crippen molar-refractivity contribution in [3.63, 3.8) is 0 Å². The van der Waals surface area contributed by atoms with E-state index < -0.39 is 11.6 Å². The Labute approximate surface area is 168 Å². The van der Waals surface area contributed by atoms with Crippen LogP contribution in [0.1, 0.15) is 12.8 Å². The molecule has 11 heteroatoms. The van der Waals surface area contributed by atoms with E-state index in [9.17, 15) is 14.4 Å². The van der Waals surface area contributed by atoms with Gasteiger partial charge in [0.25, 0.3) is 0 Å². The number of nitrogens with zero attached hydrogens (tertiary/aromatic N) is 5. The van der Waals surface area contributed by atoms with Gasteiger partial charge in [-0.25, -0.2) is 4.79 Å². The van der Waals surface area contributed by atoms with Crippen LogP contribution < -0.4 is 15.9 Å². The normalized spacial score (nSPS) is 13.9. The van der Waals surface area contributed by atoms with Crippen molar-refractivity contribution in [2.45, 2.75) is 19.4 Å². The highest BCUT2D eigenvalue weighted by molar-refractivity contribution is 7.12. The molecule has 28 heavy (non-hydrogen) atoms. The first-order valence-corrected chi connectivity index (χ1v) is 9.75. The van der Waals surface area contributed by atoms with Crippen molar-refractivity contribution in [1.29, 1.82) is 0 Å². The van der Waals surface area contributed by atoms with Crippen molar-refractivity contribution >= 4 is 46.1 Å². The first-order chi connectivity index (χ1) is 13.5. The number of hydrogen-bond acceptors (Lipinski definition) is 6. The highest BCUT2D eigenvalue weighted by Gasteiger charge is 2.23. The Kier molecular flexibility index (Phi) is 4.97. The number of nitrogens with one attached hydrogen (secondary N) is 1. The van der Waals surface area contributed by atoms with E-state index in [1.54, 1.807) is 35.2 Å². The zero-order valence-electron chi connectivity index (χ0n) is 14.5. The molecule has 1 N–H and O–H groups in total. The number of rotatable bonds is 5. The Morgan fingerprint density at radius 1 is 1.25 bits per heavy atom. The lowest BCUT2D eigenvalue weighted by atomic mass is 10.2. The lowest BCUT2D eigenvalue weighted by Crippen LogP contribution is -2.29. The number of anilines is 2. The topological polar surface area (TPSA) is 102 Å². The predicted molar refractivity (Wildman–Crippen MR) is 105 cm³/mol. The van der Waals surface area contributed by atoms with Crippen LogP contribution in [-0.4, -0.2) is 38.1 Å². The lowest BCUT2D eigenvalue weighted by molar-refractivity contribution is -0.117. The summed E-state index contributed by atoms with van der Waals surface area (Å²) < 4.78 is 2.12. The second-order valence-corrected chi connectivity index (χ2v) is 7.48. The van der Waals surface area contributed by atoms with Crippen molar-refractivity contribution < 1.29 is 9.59 Å². The highest BCUT2D eigenvalue weighted by atomic mass is 35.5. The van der Waals surface area contributed by atoms with Crippen molar-refractivity contribution in [3.05, 3.63) is 51.2 Å². The van der Waals surface area contributed by atoms with Gasteiger partial charge in [0, 0.05) is 18.7 Å². The van der Waals surface area contributed by atoms with E-state index in [2.05, 4.69) is 15.7 Å². The molecule has 3 heterocycles. The number of aromatic nitrogens is 4. The summed E-state index contributed by atoms with van der Waals surface area (Å²) in [5.74, 6) is -0.409. The quantitative estimate of drug-likeness (QED) is 0.681. The second-order valence-electron chi connectivity index (χ2n) is 6.15. The van der Waals surface area contributed by atoms with Gasteiger partial charge in [-0.1, -0.05) is 11.6 Å². The summed E-state index contributed by atoms with van der Waals surface area (Å²) in [6.45, 7) is 0.348. The van der Waals surface area contributed by atoms with Gasteiger partial charge in [-0.15, -0.1) is 11.3 Å². The third kappa shape index (κ3) is 3.56. The Hall–Kier alpha value is -2.98. The molecule has 2 aromatic heterocycles. The Morgan fingerprint density at radius 2 is 2.11 bits per heavy atom. The van der Waals surface area contributed by atoms with Crippen molar-refractivity contribution in [1.82, 2.24) is 19.8 Å². The Morgan fingerprint density at radius 3 is 2.79 bits per heavy atom. The first-order valence-electron chi connectivity index (χ1n) is 8.49. The number of tetrazole rings is 1. The minimum absolute atomic E-state index is 0.0342. The van der Waals surface area contributed by atoms with E-state index in [1.807, 2.05) is 5.38 Å². The molecule has 1 aromatic carbocycles. The maximum Gasteiger partial charge on any atom is 0.369 e. The summed E-state index contributed by atoms with van der Waals surface area (Å²) in [5.41, 5.74) is 0.583. The summed E-state index contributed by atoms with van der Waals surface area (Å²) in [6, 6.07) is 8.46. The number of halogens is 1. The predicted octanol–water partition coefficient (Wildman–Crippen LogP) is 1.91. The van der Waals surface area contributed by atoms with E-state index in [4.69, 9.17) is 11.6 Å². The number of hydrogen-bond donors (Lipinski definition) is 1. The van der Waals surface area contributed by atoms with Crippen LogP contribution in [-0.2, 0) is 16.1 Å². The van der Waals surface area contributed by atoms with Gasteiger partial charge in [0.2, 0.25) is 11.8 Å². The summed E-state index contributed by atoms with van der Waals surface area (Å²) >= 11 is 7.62. The lowest BCUT2D eigenvalue weighted by Gasteiger charge is -2.18. The maximum atomic E-state index is 12.3. The second kappa shape index (κ2) is 7.56. The van der Waals surface area contributed by atoms with Crippen LogP contribution in [0.4, 0.5) is 11.4 Å². The Bertz CT molecular complexity index is 1090. The van der Waals surface area contributed by atoms with E-state index in [-0.39, 0.29) is 12.5 Å². The molecule has 1 aliphatic heterocycles. The molecule has 0 unspecified atom stereocenters. The van der Waals surface area contributed by atoms with E-state index in [1.165, 1.54) is 11.3 Å². The van der Waals surface area contributed by atoms with Gasteiger partial charge in [-0.3, -0.25) is 9.59 Å². The first kappa shape index (κ1) is 18.4. The van der Waals surface area contributed by atoms with Crippen LogP contribution >= 0.6 is 22.9 Å². The smallest absolute Gasteiger partial charge is 0.324 e. The molecule has 144 valence electrons. The zero-order valence-corrected chi connectivity index (χ0v) is 16.1. The fraction of sp³-hybridized carbons (Fsp3) is 0.235. The van der Waals surface area contributed by atoms with Crippen LogP contribution in [0.5, 0.6) is 0 Å². The molecule has 9 nitrogen and oxygen atoms in total. The van der Waals surface area contributed by atoms with Crippen LogP contribution in [0.15, 0.2) is 40.5 Å². The minimum atomic E-state index is -0.501. The minimum Gasteiger partial charge on any atom is -0.324 e. The van der Waals surface area contributed by atoms with Crippen molar-refractivity contribution in [3.8, 4) is 5.00 Å². The molecule has 0 aliphatic carbocycles. The molecular weight excluding hydrogens is 404 g/mol. The molecule has 0 bridgehead atoms. The molecule has 2 amide bonds. The SMILES string of the molecule is O=C(Cn1nnn(-c2cccs2)c1=O)Nc1ccc(N2CCCC2=O)c(Cl)c1.